The number of amidine groups is 1. The van der Waals surface area contributed by atoms with Crippen molar-refractivity contribution in [3.05, 3.63) is 29.3 Å². The van der Waals surface area contributed by atoms with Crippen LogP contribution < -0.4 is 11.1 Å². The first kappa shape index (κ1) is 13.3. The fraction of sp³-hybridized carbons (Fsp3) is 0.364. The van der Waals surface area contributed by atoms with Gasteiger partial charge in [0, 0.05) is 17.3 Å². The Kier molecular flexibility index (Phi) is 3.65. The summed E-state index contributed by atoms with van der Waals surface area (Å²) >= 11 is 0. The molecule has 0 saturated heterocycles. The molecule has 1 aromatic rings. The van der Waals surface area contributed by atoms with Crippen LogP contribution in [0.5, 0.6) is 0 Å². The summed E-state index contributed by atoms with van der Waals surface area (Å²) in [4.78, 5) is 0. The summed E-state index contributed by atoms with van der Waals surface area (Å²) in [6.07, 6.45) is -4.50. The molecule has 3 nitrogen and oxygen atoms in total. The molecule has 94 valence electrons. The number of rotatable bonds is 3. The minimum absolute atomic E-state index is 0.0894. The normalized spacial score (nSPS) is 11.6. The Balaban J connectivity index is 3.23. The zero-order valence-corrected chi connectivity index (χ0v) is 9.52. The van der Waals surface area contributed by atoms with E-state index in [1.807, 2.05) is 13.8 Å². The van der Waals surface area contributed by atoms with E-state index in [9.17, 15) is 13.2 Å². The topological polar surface area (TPSA) is 61.9 Å². The lowest BCUT2D eigenvalue weighted by Crippen LogP contribution is -2.20. The summed E-state index contributed by atoms with van der Waals surface area (Å²) in [5.41, 5.74) is 4.49. The Morgan fingerprint density at radius 3 is 2.35 bits per heavy atom. The smallest absolute Gasteiger partial charge is 0.384 e. The van der Waals surface area contributed by atoms with Gasteiger partial charge < -0.3 is 11.1 Å². The van der Waals surface area contributed by atoms with E-state index >= 15 is 0 Å². The van der Waals surface area contributed by atoms with Gasteiger partial charge in [-0.25, -0.2) is 0 Å². The maximum absolute atomic E-state index is 12.6. The molecule has 6 heteroatoms. The molecular formula is C11H14F3N3. The third-order valence-electron chi connectivity index (χ3n) is 2.07. The lowest BCUT2D eigenvalue weighted by atomic mass is 10.0. The molecule has 0 aliphatic rings. The number of nitrogen functional groups attached to an aromatic ring is 1. The van der Waals surface area contributed by atoms with Crippen molar-refractivity contribution < 1.29 is 13.2 Å². The highest BCUT2D eigenvalue weighted by atomic mass is 19.4. The molecule has 1 aromatic carbocycles. The lowest BCUT2D eigenvalue weighted by molar-refractivity contribution is -0.137. The minimum atomic E-state index is -4.50. The van der Waals surface area contributed by atoms with E-state index in [-0.39, 0.29) is 11.6 Å². The Labute approximate surface area is 97.3 Å². The van der Waals surface area contributed by atoms with Gasteiger partial charge in [0.2, 0.25) is 0 Å². The molecule has 17 heavy (non-hydrogen) atoms. The number of benzene rings is 1. The van der Waals surface area contributed by atoms with Crippen molar-refractivity contribution in [3.8, 4) is 0 Å². The van der Waals surface area contributed by atoms with Crippen LogP contribution in [0.1, 0.15) is 25.0 Å². The number of nitrogens with two attached hydrogens (primary N) is 1. The van der Waals surface area contributed by atoms with Crippen LogP contribution in [0.3, 0.4) is 0 Å². The van der Waals surface area contributed by atoms with E-state index in [0.29, 0.717) is 5.69 Å². The van der Waals surface area contributed by atoms with E-state index in [4.69, 9.17) is 11.1 Å². The number of nitrogens with one attached hydrogen (secondary N) is 2. The average Bonchev–Trinajstić information content (AvgIpc) is 2.14. The molecular weight excluding hydrogens is 231 g/mol. The Morgan fingerprint density at radius 1 is 1.35 bits per heavy atom. The molecule has 0 amide bonds. The van der Waals surface area contributed by atoms with Crippen LogP contribution in [-0.2, 0) is 6.18 Å². The van der Waals surface area contributed by atoms with Gasteiger partial charge in [-0.15, -0.1) is 0 Å². The van der Waals surface area contributed by atoms with Crippen molar-refractivity contribution >= 4 is 11.5 Å². The first-order valence-electron chi connectivity index (χ1n) is 5.04. The lowest BCUT2D eigenvalue weighted by Gasteiger charge is -2.15. The second-order valence-electron chi connectivity index (χ2n) is 3.97. The van der Waals surface area contributed by atoms with Gasteiger partial charge in [0.15, 0.2) is 0 Å². The van der Waals surface area contributed by atoms with E-state index in [1.165, 1.54) is 12.1 Å². The van der Waals surface area contributed by atoms with Gasteiger partial charge >= 0.3 is 6.18 Å². The number of alkyl halides is 3. The zero-order chi connectivity index (χ0) is 13.2. The SMILES string of the molecule is CC(C)Nc1ccc(C(F)(F)F)c(C(=N)N)c1. The van der Waals surface area contributed by atoms with Gasteiger partial charge in [-0.2, -0.15) is 13.2 Å². The Bertz CT molecular complexity index is 424. The molecule has 0 saturated carbocycles. The van der Waals surface area contributed by atoms with Crippen molar-refractivity contribution in [2.24, 2.45) is 5.73 Å². The summed E-state index contributed by atoms with van der Waals surface area (Å²) in [6.45, 7) is 3.73. The fourth-order valence-electron chi connectivity index (χ4n) is 1.44. The highest BCUT2D eigenvalue weighted by Gasteiger charge is 2.34. The summed E-state index contributed by atoms with van der Waals surface area (Å²) in [7, 11) is 0. The van der Waals surface area contributed by atoms with E-state index < -0.39 is 17.6 Å². The van der Waals surface area contributed by atoms with Crippen LogP contribution in [-0.4, -0.2) is 11.9 Å². The van der Waals surface area contributed by atoms with Crippen molar-refractivity contribution in [2.75, 3.05) is 5.32 Å². The first-order valence-corrected chi connectivity index (χ1v) is 5.04. The second-order valence-corrected chi connectivity index (χ2v) is 3.97. The molecule has 0 aliphatic heterocycles. The quantitative estimate of drug-likeness (QED) is 0.566. The van der Waals surface area contributed by atoms with E-state index in [0.717, 1.165) is 6.07 Å². The molecule has 0 spiro atoms. The van der Waals surface area contributed by atoms with Crippen LogP contribution in [0.2, 0.25) is 0 Å². The standard InChI is InChI=1S/C11H14F3N3/c1-6(2)17-7-3-4-9(11(12,13)14)8(5-7)10(15)16/h3-6,17H,1-2H3,(H3,15,16). The summed E-state index contributed by atoms with van der Waals surface area (Å²) in [5.74, 6) is -0.593. The number of anilines is 1. The number of hydrogen-bond acceptors (Lipinski definition) is 2. The van der Waals surface area contributed by atoms with E-state index in [1.54, 1.807) is 0 Å². The first-order chi connectivity index (χ1) is 7.71. The van der Waals surface area contributed by atoms with Gasteiger partial charge in [-0.1, -0.05) is 0 Å². The molecule has 1 rings (SSSR count). The Hall–Kier alpha value is -1.72. The zero-order valence-electron chi connectivity index (χ0n) is 9.52. The summed E-state index contributed by atoms with van der Waals surface area (Å²) in [6, 6.07) is 3.59. The van der Waals surface area contributed by atoms with Gasteiger partial charge in [-0.05, 0) is 32.0 Å². The molecule has 0 atom stereocenters. The molecule has 0 aromatic heterocycles. The highest BCUT2D eigenvalue weighted by molar-refractivity contribution is 5.97. The molecule has 4 N–H and O–H groups in total. The van der Waals surface area contributed by atoms with Crippen LogP contribution in [0.4, 0.5) is 18.9 Å². The monoisotopic (exact) mass is 245 g/mol. The summed E-state index contributed by atoms with van der Waals surface area (Å²) in [5, 5.41) is 10.1. The minimum Gasteiger partial charge on any atom is -0.384 e. The second kappa shape index (κ2) is 4.65. The van der Waals surface area contributed by atoms with Gasteiger partial charge in [0.1, 0.15) is 5.84 Å². The van der Waals surface area contributed by atoms with Crippen molar-refractivity contribution in [3.63, 3.8) is 0 Å². The molecule has 0 aliphatic carbocycles. The van der Waals surface area contributed by atoms with Gasteiger partial charge in [0.05, 0.1) is 5.56 Å². The third kappa shape index (κ3) is 3.37. The van der Waals surface area contributed by atoms with Crippen molar-refractivity contribution in [1.29, 1.82) is 5.41 Å². The van der Waals surface area contributed by atoms with Crippen molar-refractivity contribution in [1.82, 2.24) is 0 Å². The van der Waals surface area contributed by atoms with Gasteiger partial charge in [-0.3, -0.25) is 5.41 Å². The maximum Gasteiger partial charge on any atom is 0.417 e. The fourth-order valence-corrected chi connectivity index (χ4v) is 1.44. The van der Waals surface area contributed by atoms with E-state index in [2.05, 4.69) is 5.32 Å². The third-order valence-corrected chi connectivity index (χ3v) is 2.07. The Morgan fingerprint density at radius 2 is 1.94 bits per heavy atom. The largest absolute Gasteiger partial charge is 0.417 e. The predicted octanol–water partition coefficient (Wildman–Crippen LogP) is 2.81. The van der Waals surface area contributed by atoms with Gasteiger partial charge in [0.25, 0.3) is 0 Å². The molecule has 0 unspecified atom stereocenters. The molecule has 0 fully saturated rings. The van der Waals surface area contributed by atoms with Crippen molar-refractivity contribution in [2.45, 2.75) is 26.1 Å². The van der Waals surface area contributed by atoms with Crippen LogP contribution in [0.15, 0.2) is 18.2 Å². The van der Waals surface area contributed by atoms with Crippen LogP contribution in [0.25, 0.3) is 0 Å². The molecule has 0 heterocycles. The highest BCUT2D eigenvalue weighted by Crippen LogP contribution is 2.33. The number of hydrogen-bond donors (Lipinski definition) is 3. The van der Waals surface area contributed by atoms with Crippen LogP contribution in [0, 0.1) is 5.41 Å². The average molecular weight is 245 g/mol. The maximum atomic E-state index is 12.6. The van der Waals surface area contributed by atoms with Crippen LogP contribution >= 0.6 is 0 Å². The number of halogens is 3. The summed E-state index contributed by atoms with van der Waals surface area (Å²) < 4.78 is 37.9. The predicted molar refractivity (Wildman–Crippen MR) is 61.2 cm³/mol. The molecule has 0 bridgehead atoms. The molecule has 0 radical (unpaired) electrons.